The molecule has 0 aliphatic rings. The van der Waals surface area contributed by atoms with Crippen molar-refractivity contribution in [3.63, 3.8) is 0 Å². The van der Waals surface area contributed by atoms with E-state index in [0.29, 0.717) is 11.1 Å². The van der Waals surface area contributed by atoms with Crippen LogP contribution in [-0.2, 0) is 14.3 Å². The first-order chi connectivity index (χ1) is 9.01. The molecular formula is C13H16O6. The number of methoxy groups -OCH3 is 1. The number of esters is 2. The molecule has 0 bridgehead atoms. The number of rotatable bonds is 5. The zero-order chi connectivity index (χ0) is 14.4. The van der Waals surface area contributed by atoms with Gasteiger partial charge in [0.1, 0.15) is 6.10 Å². The molecule has 6 nitrogen and oxygen atoms in total. The van der Waals surface area contributed by atoms with Gasteiger partial charge in [-0.25, -0.2) is 9.59 Å². The van der Waals surface area contributed by atoms with Crippen molar-refractivity contribution in [1.29, 1.82) is 0 Å². The van der Waals surface area contributed by atoms with Gasteiger partial charge in [-0.1, -0.05) is 12.1 Å². The van der Waals surface area contributed by atoms with Gasteiger partial charge in [-0.3, -0.25) is 0 Å². The van der Waals surface area contributed by atoms with Gasteiger partial charge in [0.25, 0.3) is 0 Å². The van der Waals surface area contributed by atoms with Crippen LogP contribution in [0.4, 0.5) is 0 Å². The van der Waals surface area contributed by atoms with Crippen LogP contribution in [-0.4, -0.2) is 42.0 Å². The second-order valence-corrected chi connectivity index (χ2v) is 3.76. The Morgan fingerprint density at radius 3 is 2.26 bits per heavy atom. The lowest BCUT2D eigenvalue weighted by atomic mass is 10.0. The standard InChI is InChI=1S/C13H16O6/c1-3-19-12(16)9-6-4-8(5-7-9)10(14)11(15)13(17)18-2/h4-7,10-11,14-15H,3H2,1-2H3. The summed E-state index contributed by atoms with van der Waals surface area (Å²) < 4.78 is 9.13. The largest absolute Gasteiger partial charge is 0.467 e. The predicted molar refractivity (Wildman–Crippen MR) is 65.4 cm³/mol. The highest BCUT2D eigenvalue weighted by molar-refractivity contribution is 5.89. The maximum atomic E-state index is 11.4. The lowest BCUT2D eigenvalue weighted by molar-refractivity contribution is -0.156. The molecule has 2 atom stereocenters. The molecule has 0 saturated heterocycles. The fraction of sp³-hybridized carbons (Fsp3) is 0.385. The van der Waals surface area contributed by atoms with E-state index in [2.05, 4.69) is 4.74 Å². The number of carbonyl (C=O) groups excluding carboxylic acids is 2. The zero-order valence-electron chi connectivity index (χ0n) is 10.7. The van der Waals surface area contributed by atoms with Crippen LogP contribution in [0.1, 0.15) is 28.9 Å². The molecule has 0 amide bonds. The highest BCUT2D eigenvalue weighted by atomic mass is 16.5. The van der Waals surface area contributed by atoms with Crippen LogP contribution in [0, 0.1) is 0 Å². The summed E-state index contributed by atoms with van der Waals surface area (Å²) in [7, 11) is 1.11. The Labute approximate surface area is 110 Å². The third-order valence-corrected chi connectivity index (χ3v) is 2.51. The molecule has 1 aromatic carbocycles. The lowest BCUT2D eigenvalue weighted by Gasteiger charge is -2.16. The van der Waals surface area contributed by atoms with E-state index in [1.165, 1.54) is 24.3 Å². The second-order valence-electron chi connectivity index (χ2n) is 3.76. The zero-order valence-corrected chi connectivity index (χ0v) is 10.7. The summed E-state index contributed by atoms with van der Waals surface area (Å²) in [6, 6.07) is 5.76. The molecule has 1 rings (SSSR count). The monoisotopic (exact) mass is 268 g/mol. The second kappa shape index (κ2) is 6.86. The molecule has 0 heterocycles. The van der Waals surface area contributed by atoms with Crippen molar-refractivity contribution < 1.29 is 29.3 Å². The first-order valence-electron chi connectivity index (χ1n) is 5.72. The van der Waals surface area contributed by atoms with Crippen LogP contribution in [0.5, 0.6) is 0 Å². The molecular weight excluding hydrogens is 252 g/mol. The van der Waals surface area contributed by atoms with Crippen LogP contribution in [0.25, 0.3) is 0 Å². The van der Waals surface area contributed by atoms with E-state index >= 15 is 0 Å². The van der Waals surface area contributed by atoms with Crippen molar-refractivity contribution in [2.24, 2.45) is 0 Å². The van der Waals surface area contributed by atoms with Crippen molar-refractivity contribution in [2.45, 2.75) is 19.1 Å². The van der Waals surface area contributed by atoms with Crippen molar-refractivity contribution in [1.82, 2.24) is 0 Å². The van der Waals surface area contributed by atoms with Crippen molar-refractivity contribution in [2.75, 3.05) is 13.7 Å². The Morgan fingerprint density at radius 1 is 1.21 bits per heavy atom. The maximum absolute atomic E-state index is 11.4. The van der Waals surface area contributed by atoms with Crippen LogP contribution < -0.4 is 0 Å². The van der Waals surface area contributed by atoms with Crippen LogP contribution >= 0.6 is 0 Å². The fourth-order valence-electron chi connectivity index (χ4n) is 1.46. The van der Waals surface area contributed by atoms with Gasteiger partial charge in [0.05, 0.1) is 19.3 Å². The summed E-state index contributed by atoms with van der Waals surface area (Å²) >= 11 is 0. The van der Waals surface area contributed by atoms with Gasteiger partial charge in [-0.2, -0.15) is 0 Å². The molecule has 0 aromatic heterocycles. The van der Waals surface area contributed by atoms with Crippen molar-refractivity contribution in [3.8, 4) is 0 Å². The molecule has 0 spiro atoms. The smallest absolute Gasteiger partial charge is 0.338 e. The van der Waals surface area contributed by atoms with E-state index in [1.807, 2.05) is 0 Å². The molecule has 0 aliphatic carbocycles. The third-order valence-electron chi connectivity index (χ3n) is 2.51. The maximum Gasteiger partial charge on any atom is 0.338 e. The van der Waals surface area contributed by atoms with E-state index in [9.17, 15) is 19.8 Å². The number of aliphatic hydroxyl groups excluding tert-OH is 2. The Morgan fingerprint density at radius 2 is 1.79 bits per heavy atom. The Bertz CT molecular complexity index is 439. The molecule has 0 fully saturated rings. The molecule has 0 saturated carbocycles. The number of hydrogen-bond donors (Lipinski definition) is 2. The number of hydrogen-bond acceptors (Lipinski definition) is 6. The minimum absolute atomic E-state index is 0.268. The number of carbonyl (C=O) groups is 2. The van der Waals surface area contributed by atoms with Crippen molar-refractivity contribution >= 4 is 11.9 Å². The lowest BCUT2D eigenvalue weighted by Crippen LogP contribution is -2.29. The van der Waals surface area contributed by atoms with E-state index < -0.39 is 24.1 Å². The highest BCUT2D eigenvalue weighted by Crippen LogP contribution is 2.18. The van der Waals surface area contributed by atoms with Gasteiger partial charge in [-0.05, 0) is 24.6 Å². The van der Waals surface area contributed by atoms with Gasteiger partial charge in [0.15, 0.2) is 6.10 Å². The molecule has 19 heavy (non-hydrogen) atoms. The van der Waals surface area contributed by atoms with Crippen LogP contribution in [0.2, 0.25) is 0 Å². The third kappa shape index (κ3) is 3.77. The quantitative estimate of drug-likeness (QED) is 0.752. The van der Waals surface area contributed by atoms with E-state index in [0.717, 1.165) is 7.11 Å². The fourth-order valence-corrected chi connectivity index (χ4v) is 1.46. The number of aliphatic hydroxyl groups is 2. The SMILES string of the molecule is CCOC(=O)c1ccc(C(O)C(O)C(=O)OC)cc1. The number of benzene rings is 1. The highest BCUT2D eigenvalue weighted by Gasteiger charge is 2.26. The van der Waals surface area contributed by atoms with E-state index in [4.69, 9.17) is 4.74 Å². The summed E-state index contributed by atoms with van der Waals surface area (Å²) in [5, 5.41) is 19.2. The number of ether oxygens (including phenoxy) is 2. The average molecular weight is 268 g/mol. The minimum atomic E-state index is -1.67. The molecule has 6 heteroatoms. The normalized spacial score (nSPS) is 13.5. The summed E-state index contributed by atoms with van der Waals surface area (Å²) in [4.78, 5) is 22.5. The van der Waals surface area contributed by atoms with Crippen LogP contribution in [0.3, 0.4) is 0 Å². The average Bonchev–Trinajstić information content (AvgIpc) is 2.45. The van der Waals surface area contributed by atoms with Crippen LogP contribution in [0.15, 0.2) is 24.3 Å². The van der Waals surface area contributed by atoms with Gasteiger partial charge in [0.2, 0.25) is 0 Å². The summed E-state index contributed by atoms with van der Waals surface area (Å²) in [5.41, 5.74) is 0.622. The Kier molecular flexibility index (Phi) is 5.47. The van der Waals surface area contributed by atoms with E-state index in [1.54, 1.807) is 6.92 Å². The minimum Gasteiger partial charge on any atom is -0.467 e. The Balaban J connectivity index is 2.81. The Hall–Kier alpha value is -1.92. The summed E-state index contributed by atoms with van der Waals surface area (Å²) in [6.07, 6.45) is -3.08. The van der Waals surface area contributed by atoms with Gasteiger partial charge in [-0.15, -0.1) is 0 Å². The molecule has 2 N–H and O–H groups in total. The van der Waals surface area contributed by atoms with E-state index in [-0.39, 0.29) is 6.61 Å². The summed E-state index contributed by atoms with van der Waals surface area (Å²) in [5.74, 6) is -1.40. The molecule has 2 unspecified atom stereocenters. The predicted octanol–water partition coefficient (Wildman–Crippen LogP) is 0.431. The molecule has 0 aliphatic heterocycles. The molecule has 104 valence electrons. The van der Waals surface area contributed by atoms with Crippen molar-refractivity contribution in [3.05, 3.63) is 35.4 Å². The summed E-state index contributed by atoms with van der Waals surface area (Å²) in [6.45, 7) is 1.97. The topological polar surface area (TPSA) is 93.1 Å². The van der Waals surface area contributed by atoms with Gasteiger partial charge < -0.3 is 19.7 Å². The molecule has 1 aromatic rings. The molecule has 0 radical (unpaired) electrons. The van der Waals surface area contributed by atoms with Gasteiger partial charge in [0, 0.05) is 0 Å². The van der Waals surface area contributed by atoms with Gasteiger partial charge >= 0.3 is 11.9 Å². The first kappa shape index (κ1) is 15.1. The first-order valence-corrected chi connectivity index (χ1v) is 5.72.